The second-order valence-electron chi connectivity index (χ2n) is 7.15. The van der Waals surface area contributed by atoms with Gasteiger partial charge in [-0.25, -0.2) is 0 Å². The molecule has 0 saturated heterocycles. The average Bonchev–Trinajstić information content (AvgIpc) is 2.82. The maximum atomic E-state index is 4.11. The van der Waals surface area contributed by atoms with Gasteiger partial charge in [0.15, 0.2) is 0 Å². The Bertz CT molecular complexity index is 1200. The SMILES string of the molecule is C(=C/c1c2ccccc2c(/C=C\c2ccncc2)c2ccccc12)/c1ccncc1. The maximum absolute atomic E-state index is 4.11. The molecule has 0 saturated carbocycles. The molecule has 0 aliphatic carbocycles. The predicted octanol–water partition coefficient (Wildman–Crippen LogP) is 7.12. The van der Waals surface area contributed by atoms with Crippen LogP contribution in [0.1, 0.15) is 22.3 Å². The number of rotatable bonds is 4. The van der Waals surface area contributed by atoms with Crippen LogP contribution in [0.15, 0.2) is 97.6 Å². The third-order valence-electron chi connectivity index (χ3n) is 5.31. The van der Waals surface area contributed by atoms with Crippen LogP contribution in [0, 0.1) is 0 Å². The number of aromatic nitrogens is 2. The van der Waals surface area contributed by atoms with Crippen LogP contribution in [0.4, 0.5) is 0 Å². The fraction of sp³-hybridized carbons (Fsp3) is 0. The molecule has 2 heteroatoms. The summed E-state index contributed by atoms with van der Waals surface area (Å²) in [4.78, 5) is 8.22. The first-order valence-electron chi connectivity index (χ1n) is 10.00. The minimum Gasteiger partial charge on any atom is -0.265 e. The molecule has 3 aromatic carbocycles. The monoisotopic (exact) mass is 384 g/mol. The normalized spacial score (nSPS) is 11.7. The van der Waals surface area contributed by atoms with Gasteiger partial charge in [0.05, 0.1) is 0 Å². The number of nitrogens with zero attached hydrogens (tertiary/aromatic N) is 2. The number of hydrogen-bond donors (Lipinski definition) is 0. The lowest BCUT2D eigenvalue weighted by atomic mass is 9.91. The van der Waals surface area contributed by atoms with Crippen molar-refractivity contribution in [1.82, 2.24) is 9.97 Å². The lowest BCUT2D eigenvalue weighted by Crippen LogP contribution is -1.88. The van der Waals surface area contributed by atoms with E-state index in [1.165, 1.54) is 32.7 Å². The van der Waals surface area contributed by atoms with E-state index in [0.29, 0.717) is 0 Å². The van der Waals surface area contributed by atoms with Gasteiger partial charge in [-0.15, -0.1) is 0 Å². The van der Waals surface area contributed by atoms with Gasteiger partial charge in [0.2, 0.25) is 0 Å². The summed E-state index contributed by atoms with van der Waals surface area (Å²) < 4.78 is 0. The minimum atomic E-state index is 1.14. The topological polar surface area (TPSA) is 25.8 Å². The van der Waals surface area contributed by atoms with Crippen LogP contribution in [0.5, 0.6) is 0 Å². The Morgan fingerprint density at radius 1 is 0.400 bits per heavy atom. The molecule has 0 amide bonds. The first kappa shape index (κ1) is 18.0. The number of fused-ring (bicyclic) bond motifs is 2. The lowest BCUT2D eigenvalue weighted by molar-refractivity contribution is 1.32. The van der Waals surface area contributed by atoms with Crippen LogP contribution < -0.4 is 0 Å². The quantitative estimate of drug-likeness (QED) is 0.308. The van der Waals surface area contributed by atoms with Crippen LogP contribution >= 0.6 is 0 Å². The Balaban J connectivity index is 1.74. The van der Waals surface area contributed by atoms with Gasteiger partial charge in [-0.1, -0.05) is 72.8 Å². The van der Waals surface area contributed by atoms with Gasteiger partial charge in [0, 0.05) is 24.8 Å². The van der Waals surface area contributed by atoms with E-state index in [-0.39, 0.29) is 0 Å². The Morgan fingerprint density at radius 3 is 1.07 bits per heavy atom. The molecular weight excluding hydrogens is 364 g/mol. The first-order valence-corrected chi connectivity index (χ1v) is 10.00. The average molecular weight is 384 g/mol. The zero-order valence-electron chi connectivity index (χ0n) is 16.4. The Kier molecular flexibility index (Phi) is 4.89. The van der Waals surface area contributed by atoms with Crippen LogP contribution in [0.25, 0.3) is 45.8 Å². The Morgan fingerprint density at radius 2 is 0.733 bits per heavy atom. The maximum Gasteiger partial charge on any atom is 0.0273 e. The highest BCUT2D eigenvalue weighted by molar-refractivity contribution is 6.14. The minimum absolute atomic E-state index is 1.14. The van der Waals surface area contributed by atoms with Crippen LogP contribution in [0.3, 0.4) is 0 Å². The van der Waals surface area contributed by atoms with Crippen molar-refractivity contribution in [2.75, 3.05) is 0 Å². The van der Waals surface area contributed by atoms with E-state index in [0.717, 1.165) is 11.1 Å². The highest BCUT2D eigenvalue weighted by atomic mass is 14.6. The zero-order valence-corrected chi connectivity index (χ0v) is 16.4. The van der Waals surface area contributed by atoms with Gasteiger partial charge in [0.1, 0.15) is 0 Å². The number of benzene rings is 3. The van der Waals surface area contributed by atoms with Crippen LogP contribution in [-0.2, 0) is 0 Å². The van der Waals surface area contributed by atoms with Crippen molar-refractivity contribution in [3.63, 3.8) is 0 Å². The van der Waals surface area contributed by atoms with Gasteiger partial charge in [-0.2, -0.15) is 0 Å². The molecule has 0 N–H and O–H groups in total. The van der Waals surface area contributed by atoms with Crippen molar-refractivity contribution in [3.05, 3.63) is 120 Å². The van der Waals surface area contributed by atoms with E-state index >= 15 is 0 Å². The summed E-state index contributed by atoms with van der Waals surface area (Å²) in [5, 5.41) is 4.98. The molecule has 2 nitrogen and oxygen atoms in total. The number of hydrogen-bond acceptors (Lipinski definition) is 2. The molecule has 0 bridgehead atoms. The van der Waals surface area contributed by atoms with Gasteiger partial charge in [0.25, 0.3) is 0 Å². The second-order valence-corrected chi connectivity index (χ2v) is 7.15. The third-order valence-corrected chi connectivity index (χ3v) is 5.31. The highest BCUT2D eigenvalue weighted by Gasteiger charge is 2.10. The molecule has 2 aromatic heterocycles. The van der Waals surface area contributed by atoms with E-state index in [4.69, 9.17) is 0 Å². The lowest BCUT2D eigenvalue weighted by Gasteiger charge is -2.13. The van der Waals surface area contributed by atoms with Crippen LogP contribution in [-0.4, -0.2) is 9.97 Å². The molecule has 0 aliphatic heterocycles. The van der Waals surface area contributed by atoms with Crippen LogP contribution in [0.2, 0.25) is 0 Å². The molecule has 5 rings (SSSR count). The highest BCUT2D eigenvalue weighted by Crippen LogP contribution is 2.35. The summed E-state index contributed by atoms with van der Waals surface area (Å²) in [6.07, 6.45) is 16.0. The summed E-state index contributed by atoms with van der Waals surface area (Å²) in [6.45, 7) is 0. The molecular formula is C28H20N2. The number of pyridine rings is 2. The Labute approximate surface area is 175 Å². The van der Waals surface area contributed by atoms with Gasteiger partial charge < -0.3 is 0 Å². The van der Waals surface area contributed by atoms with Crippen molar-refractivity contribution in [3.8, 4) is 0 Å². The van der Waals surface area contributed by atoms with Gasteiger partial charge in [-0.3, -0.25) is 9.97 Å². The van der Waals surface area contributed by atoms with E-state index in [2.05, 4.69) is 82.8 Å². The summed E-state index contributed by atoms with van der Waals surface area (Å²) in [6, 6.07) is 25.3. The molecule has 30 heavy (non-hydrogen) atoms. The molecule has 0 unspecified atom stereocenters. The zero-order chi connectivity index (χ0) is 20.2. The van der Waals surface area contributed by atoms with Crippen molar-refractivity contribution < 1.29 is 0 Å². The van der Waals surface area contributed by atoms with Crippen molar-refractivity contribution in [1.29, 1.82) is 0 Å². The van der Waals surface area contributed by atoms with Crippen molar-refractivity contribution >= 4 is 45.8 Å². The summed E-state index contributed by atoms with van der Waals surface area (Å²) in [7, 11) is 0. The summed E-state index contributed by atoms with van der Waals surface area (Å²) in [5.41, 5.74) is 4.75. The molecule has 0 radical (unpaired) electrons. The molecule has 0 atom stereocenters. The van der Waals surface area contributed by atoms with E-state index < -0.39 is 0 Å². The molecule has 0 aliphatic rings. The Hall–Kier alpha value is -4.04. The second kappa shape index (κ2) is 8.14. The van der Waals surface area contributed by atoms with E-state index in [1.54, 1.807) is 0 Å². The first-order chi connectivity index (χ1) is 14.9. The third kappa shape index (κ3) is 3.51. The van der Waals surface area contributed by atoms with Crippen molar-refractivity contribution in [2.24, 2.45) is 0 Å². The van der Waals surface area contributed by atoms with E-state index in [9.17, 15) is 0 Å². The summed E-state index contributed by atoms with van der Waals surface area (Å²) in [5.74, 6) is 0. The molecule has 142 valence electrons. The molecule has 2 heterocycles. The van der Waals surface area contributed by atoms with Gasteiger partial charge in [-0.05, 0) is 68.1 Å². The molecule has 0 fully saturated rings. The van der Waals surface area contributed by atoms with E-state index in [1.807, 2.05) is 49.1 Å². The molecule has 0 spiro atoms. The standard InChI is InChI=1S/C28H20N2/c1-2-6-24-23(5-1)27(11-9-21-13-17-29-18-14-21)25-7-3-4-8-26(25)28(24)12-10-22-15-19-30-20-16-22/h1-20H/b11-9-,12-10-. The van der Waals surface area contributed by atoms with Gasteiger partial charge >= 0.3 is 0 Å². The largest absolute Gasteiger partial charge is 0.265 e. The summed E-state index contributed by atoms with van der Waals surface area (Å²) >= 11 is 0. The fourth-order valence-electron chi connectivity index (χ4n) is 3.86. The van der Waals surface area contributed by atoms with Crippen molar-refractivity contribution in [2.45, 2.75) is 0 Å². The fourth-order valence-corrected chi connectivity index (χ4v) is 3.86. The smallest absolute Gasteiger partial charge is 0.0273 e. The molecule has 5 aromatic rings. The predicted molar refractivity (Wildman–Crippen MR) is 128 cm³/mol.